The number of carbonyl (C=O) groups is 1. The molecule has 0 radical (unpaired) electrons. The van der Waals surface area contributed by atoms with Crippen LogP contribution in [0.15, 0.2) is 35.3 Å². The van der Waals surface area contributed by atoms with Gasteiger partial charge < -0.3 is 10.1 Å². The Morgan fingerprint density at radius 1 is 1.19 bits per heavy atom. The Morgan fingerprint density at radius 2 is 1.81 bits per heavy atom. The van der Waals surface area contributed by atoms with Crippen LogP contribution in [-0.4, -0.2) is 21.4 Å². The van der Waals surface area contributed by atoms with Crippen LogP contribution in [0.4, 0.5) is 0 Å². The van der Waals surface area contributed by atoms with Crippen molar-refractivity contribution < 1.29 is 9.53 Å². The molecule has 1 N–H and O–H groups in total. The molecule has 0 saturated heterocycles. The van der Waals surface area contributed by atoms with Gasteiger partial charge in [0, 0.05) is 6.42 Å². The first kappa shape index (κ1) is 21.2. The topological polar surface area (TPSA) is 50.7 Å². The zero-order valence-electron chi connectivity index (χ0n) is 16.7. The van der Waals surface area contributed by atoms with E-state index in [4.69, 9.17) is 9.73 Å². The lowest BCUT2D eigenvalue weighted by Crippen LogP contribution is -2.65. The van der Waals surface area contributed by atoms with Gasteiger partial charge in [-0.1, -0.05) is 94.5 Å². The highest BCUT2D eigenvalue weighted by molar-refractivity contribution is 14.1. The molecule has 0 aliphatic carbocycles. The number of esters is 1. The summed E-state index contributed by atoms with van der Waals surface area (Å²) in [4.78, 5) is 17.9. The summed E-state index contributed by atoms with van der Waals surface area (Å²) >= 11 is 2.41. The van der Waals surface area contributed by atoms with Gasteiger partial charge in [0.15, 0.2) is 0 Å². The minimum atomic E-state index is -0.810. The molecular formula is C21H31IN2O2. The fourth-order valence-electron chi connectivity index (χ4n) is 3.45. The highest BCUT2D eigenvalue weighted by Crippen LogP contribution is 2.47. The van der Waals surface area contributed by atoms with E-state index in [1.54, 1.807) is 6.34 Å². The van der Waals surface area contributed by atoms with Crippen LogP contribution in [0.5, 0.6) is 0 Å². The van der Waals surface area contributed by atoms with Gasteiger partial charge in [0.2, 0.25) is 0 Å². The SMILES string of the molecule is CC(C)(C)CC1(I)CC(C(=O)OCc2ccccc2)(C(C)(C)C)NC=N1. The fraction of sp³-hybridized carbons (Fsp3) is 0.619. The second kappa shape index (κ2) is 7.49. The van der Waals surface area contributed by atoms with Crippen molar-refractivity contribution in [2.75, 3.05) is 0 Å². The molecule has 1 aromatic carbocycles. The molecule has 0 spiro atoms. The molecule has 0 aromatic heterocycles. The number of nitrogens with one attached hydrogen (secondary N) is 1. The van der Waals surface area contributed by atoms with Crippen molar-refractivity contribution in [2.24, 2.45) is 15.8 Å². The van der Waals surface area contributed by atoms with E-state index in [0.717, 1.165) is 12.0 Å². The maximum Gasteiger partial charge on any atom is 0.332 e. The number of hydrogen-bond donors (Lipinski definition) is 1. The molecule has 0 bridgehead atoms. The standard InChI is InChI=1S/C21H31IN2O2/c1-18(2,3)13-20(22)14-21(19(4,5)6,24-15-23-20)17(25)26-12-16-10-8-7-9-11-16/h7-11,15H,12-14H2,1-6H3,(H,23,24). The first-order valence-corrected chi connectivity index (χ1v) is 10.2. The number of aliphatic imine (C=N–C) groups is 1. The smallest absolute Gasteiger partial charge is 0.332 e. The Hall–Kier alpha value is -1.11. The van der Waals surface area contributed by atoms with E-state index in [0.29, 0.717) is 6.42 Å². The highest BCUT2D eigenvalue weighted by Gasteiger charge is 2.56. The monoisotopic (exact) mass is 470 g/mol. The molecular weight excluding hydrogens is 439 g/mol. The maximum absolute atomic E-state index is 13.2. The summed E-state index contributed by atoms with van der Waals surface area (Å²) in [7, 11) is 0. The molecule has 2 unspecified atom stereocenters. The highest BCUT2D eigenvalue weighted by atomic mass is 127. The molecule has 2 atom stereocenters. The van der Waals surface area contributed by atoms with Gasteiger partial charge in [-0.05, 0) is 22.8 Å². The number of rotatable bonds is 4. The predicted octanol–water partition coefficient (Wildman–Crippen LogP) is 5.10. The predicted molar refractivity (Wildman–Crippen MR) is 115 cm³/mol. The number of hydrogen-bond acceptors (Lipinski definition) is 4. The molecule has 0 amide bonds. The van der Waals surface area contributed by atoms with Crippen molar-refractivity contribution in [3.8, 4) is 0 Å². The van der Waals surface area contributed by atoms with E-state index in [1.807, 2.05) is 30.3 Å². The van der Waals surface area contributed by atoms with Crippen molar-refractivity contribution >= 4 is 34.9 Å². The van der Waals surface area contributed by atoms with E-state index in [2.05, 4.69) is 69.5 Å². The summed E-state index contributed by atoms with van der Waals surface area (Å²) in [5.41, 5.74) is -0.0184. The molecule has 5 heteroatoms. The average Bonchev–Trinajstić information content (AvgIpc) is 2.50. The Bertz CT molecular complexity index is 661. The van der Waals surface area contributed by atoms with E-state index in [-0.39, 0.29) is 27.0 Å². The zero-order chi connectivity index (χ0) is 19.6. The van der Waals surface area contributed by atoms with Crippen LogP contribution in [0.25, 0.3) is 0 Å². The first-order chi connectivity index (χ1) is 11.9. The van der Waals surface area contributed by atoms with Gasteiger partial charge in [-0.25, -0.2) is 4.79 Å². The van der Waals surface area contributed by atoms with Crippen molar-refractivity contribution in [1.29, 1.82) is 0 Å². The van der Waals surface area contributed by atoms with E-state index < -0.39 is 5.54 Å². The van der Waals surface area contributed by atoms with Gasteiger partial charge in [0.1, 0.15) is 15.7 Å². The van der Waals surface area contributed by atoms with Crippen LogP contribution in [0, 0.1) is 10.8 Å². The van der Waals surface area contributed by atoms with Crippen molar-refractivity contribution in [3.63, 3.8) is 0 Å². The second-order valence-corrected chi connectivity index (χ2v) is 11.5. The second-order valence-electron chi connectivity index (χ2n) is 9.45. The summed E-state index contributed by atoms with van der Waals surface area (Å²) in [6, 6.07) is 9.79. The van der Waals surface area contributed by atoms with Crippen LogP contribution >= 0.6 is 22.6 Å². The first-order valence-electron chi connectivity index (χ1n) is 9.08. The summed E-state index contributed by atoms with van der Waals surface area (Å²) in [5, 5.41) is 3.28. The summed E-state index contributed by atoms with van der Waals surface area (Å²) < 4.78 is 5.42. The summed E-state index contributed by atoms with van der Waals surface area (Å²) in [6.07, 6.45) is 3.20. The Balaban J connectivity index is 2.26. The lowest BCUT2D eigenvalue weighted by molar-refractivity contribution is -0.158. The van der Waals surface area contributed by atoms with Crippen molar-refractivity contribution in [2.45, 2.75) is 70.1 Å². The van der Waals surface area contributed by atoms with Crippen LogP contribution in [0.3, 0.4) is 0 Å². The van der Waals surface area contributed by atoms with E-state index in [9.17, 15) is 4.79 Å². The van der Waals surface area contributed by atoms with Crippen LogP contribution in [0.2, 0.25) is 0 Å². The molecule has 0 saturated carbocycles. The maximum atomic E-state index is 13.2. The Labute approximate surface area is 171 Å². The molecule has 26 heavy (non-hydrogen) atoms. The number of nitrogens with zero attached hydrogens (tertiary/aromatic N) is 1. The van der Waals surface area contributed by atoms with Crippen molar-refractivity contribution in [3.05, 3.63) is 35.9 Å². The number of carbonyl (C=O) groups excluding carboxylic acids is 1. The lowest BCUT2D eigenvalue weighted by Gasteiger charge is -2.49. The van der Waals surface area contributed by atoms with Crippen molar-refractivity contribution in [1.82, 2.24) is 5.32 Å². The third kappa shape index (κ3) is 4.99. The van der Waals surface area contributed by atoms with Gasteiger partial charge in [-0.3, -0.25) is 4.99 Å². The number of alkyl halides is 1. The molecule has 144 valence electrons. The molecule has 4 nitrogen and oxygen atoms in total. The Morgan fingerprint density at radius 3 is 2.35 bits per heavy atom. The quantitative estimate of drug-likeness (QED) is 0.288. The van der Waals surface area contributed by atoms with Gasteiger partial charge in [0.05, 0.1) is 6.34 Å². The van der Waals surface area contributed by atoms with Gasteiger partial charge in [-0.2, -0.15) is 0 Å². The molecule has 1 aliphatic heterocycles. The molecule has 1 heterocycles. The minimum absolute atomic E-state index is 0.118. The number of halogens is 1. The number of ether oxygens (including phenoxy) is 1. The van der Waals surface area contributed by atoms with Gasteiger partial charge in [-0.15, -0.1) is 0 Å². The fourth-order valence-corrected chi connectivity index (χ4v) is 5.30. The molecule has 0 fully saturated rings. The third-order valence-electron chi connectivity index (χ3n) is 4.79. The van der Waals surface area contributed by atoms with Crippen LogP contribution in [0.1, 0.15) is 59.9 Å². The van der Waals surface area contributed by atoms with Crippen LogP contribution in [-0.2, 0) is 16.1 Å². The largest absolute Gasteiger partial charge is 0.459 e. The van der Waals surface area contributed by atoms with Gasteiger partial charge >= 0.3 is 5.97 Å². The van der Waals surface area contributed by atoms with E-state index in [1.165, 1.54) is 0 Å². The van der Waals surface area contributed by atoms with Crippen LogP contribution < -0.4 is 5.32 Å². The Kier molecular flexibility index (Phi) is 6.10. The average molecular weight is 470 g/mol. The normalized spacial score (nSPS) is 26.3. The summed E-state index contributed by atoms with van der Waals surface area (Å²) in [5.74, 6) is -0.213. The molecule has 1 aliphatic rings. The zero-order valence-corrected chi connectivity index (χ0v) is 18.9. The number of benzene rings is 1. The van der Waals surface area contributed by atoms with E-state index >= 15 is 0 Å². The lowest BCUT2D eigenvalue weighted by atomic mass is 9.68. The minimum Gasteiger partial charge on any atom is -0.459 e. The van der Waals surface area contributed by atoms with Gasteiger partial charge in [0.25, 0.3) is 0 Å². The molecule has 2 rings (SSSR count). The summed E-state index contributed by atoms with van der Waals surface area (Å²) in [6.45, 7) is 13.1. The third-order valence-corrected chi connectivity index (χ3v) is 5.83. The molecule has 1 aromatic rings.